The molecule has 114 valence electrons. The van der Waals surface area contributed by atoms with Gasteiger partial charge in [-0.05, 0) is 19.8 Å². The van der Waals surface area contributed by atoms with Gasteiger partial charge in [0, 0.05) is 32.6 Å². The van der Waals surface area contributed by atoms with Crippen molar-refractivity contribution in [3.05, 3.63) is 0 Å². The lowest BCUT2D eigenvalue weighted by Crippen LogP contribution is -2.42. The Balaban J connectivity index is 2.39. The second-order valence-electron chi connectivity index (χ2n) is 5.05. The minimum Gasteiger partial charge on any atom is -0.481 e. The third-order valence-electron chi connectivity index (χ3n) is 3.77. The number of rotatable bonds is 6. The number of hydrogen-bond acceptors (Lipinski definition) is 3. The van der Waals surface area contributed by atoms with E-state index in [0.717, 1.165) is 0 Å². The zero-order valence-electron chi connectivity index (χ0n) is 12.1. The van der Waals surface area contributed by atoms with Crippen LogP contribution in [0, 0.1) is 5.41 Å². The van der Waals surface area contributed by atoms with Crippen LogP contribution in [-0.2, 0) is 9.59 Å². The van der Waals surface area contributed by atoms with Crippen molar-refractivity contribution < 1.29 is 19.5 Å². The molecule has 7 nitrogen and oxygen atoms in total. The Bertz CT molecular complexity index is 386. The van der Waals surface area contributed by atoms with Gasteiger partial charge in [0.1, 0.15) is 0 Å². The number of carbonyl (C=O) groups excluding carboxylic acids is 2. The van der Waals surface area contributed by atoms with Crippen LogP contribution >= 0.6 is 0 Å². The van der Waals surface area contributed by atoms with Crippen molar-refractivity contribution in [1.29, 1.82) is 0 Å². The molecule has 1 rings (SSSR count). The molecule has 0 aromatic rings. The number of aliphatic carboxylic acids is 1. The van der Waals surface area contributed by atoms with Gasteiger partial charge in [0.25, 0.3) is 0 Å². The zero-order chi connectivity index (χ0) is 15.2. The minimum absolute atomic E-state index is 0.109. The summed E-state index contributed by atoms with van der Waals surface area (Å²) in [5.74, 6) is -0.958. The molecule has 1 aliphatic heterocycles. The summed E-state index contributed by atoms with van der Waals surface area (Å²) in [5, 5.41) is 14.6. The molecular formula is C13H23N3O4. The van der Waals surface area contributed by atoms with Crippen LogP contribution in [0.3, 0.4) is 0 Å². The standard InChI is InChI=1S/C13H23N3O4/c1-3-13(11(18)19)6-8-16(9-13)12(20)15-7-5-10(17)14-4-2/h3-9H2,1-2H3,(H,14,17)(H,15,20)(H,18,19). The summed E-state index contributed by atoms with van der Waals surface area (Å²) in [5.41, 5.74) is -0.822. The van der Waals surface area contributed by atoms with E-state index in [4.69, 9.17) is 0 Å². The lowest BCUT2D eigenvalue weighted by molar-refractivity contribution is -0.148. The molecule has 1 heterocycles. The molecule has 1 fully saturated rings. The predicted molar refractivity (Wildman–Crippen MR) is 73.2 cm³/mol. The topological polar surface area (TPSA) is 98.7 Å². The first-order chi connectivity index (χ1) is 9.45. The van der Waals surface area contributed by atoms with Crippen LogP contribution in [0.5, 0.6) is 0 Å². The smallest absolute Gasteiger partial charge is 0.317 e. The molecule has 0 spiro atoms. The molecule has 3 amide bonds. The van der Waals surface area contributed by atoms with Crippen molar-refractivity contribution in [2.45, 2.75) is 33.1 Å². The van der Waals surface area contributed by atoms with Crippen molar-refractivity contribution in [3.63, 3.8) is 0 Å². The molecule has 0 aliphatic carbocycles. The fourth-order valence-electron chi connectivity index (χ4n) is 2.34. The molecule has 3 N–H and O–H groups in total. The van der Waals surface area contributed by atoms with Gasteiger partial charge in [-0.15, -0.1) is 0 Å². The van der Waals surface area contributed by atoms with Crippen LogP contribution in [0.1, 0.15) is 33.1 Å². The maximum Gasteiger partial charge on any atom is 0.317 e. The van der Waals surface area contributed by atoms with Crippen LogP contribution in [0.25, 0.3) is 0 Å². The fraction of sp³-hybridized carbons (Fsp3) is 0.769. The molecule has 20 heavy (non-hydrogen) atoms. The monoisotopic (exact) mass is 285 g/mol. The number of carboxylic acid groups (broad SMARTS) is 1. The van der Waals surface area contributed by atoms with Gasteiger partial charge in [-0.2, -0.15) is 0 Å². The Morgan fingerprint density at radius 1 is 1.25 bits per heavy atom. The number of carbonyl (C=O) groups is 3. The zero-order valence-corrected chi connectivity index (χ0v) is 12.1. The summed E-state index contributed by atoms with van der Waals surface area (Å²) in [6.07, 6.45) is 1.21. The summed E-state index contributed by atoms with van der Waals surface area (Å²) in [6.45, 7) is 5.14. The van der Waals surface area contributed by atoms with E-state index in [1.165, 1.54) is 4.90 Å². The van der Waals surface area contributed by atoms with Crippen molar-refractivity contribution in [3.8, 4) is 0 Å². The number of amides is 3. The molecule has 7 heteroatoms. The first kappa shape index (κ1) is 16.3. The maximum absolute atomic E-state index is 11.9. The number of urea groups is 1. The van der Waals surface area contributed by atoms with E-state index in [0.29, 0.717) is 25.9 Å². The second kappa shape index (κ2) is 7.12. The highest BCUT2D eigenvalue weighted by Crippen LogP contribution is 2.34. The van der Waals surface area contributed by atoms with Gasteiger partial charge < -0.3 is 20.6 Å². The quantitative estimate of drug-likeness (QED) is 0.658. The van der Waals surface area contributed by atoms with Crippen molar-refractivity contribution in [1.82, 2.24) is 15.5 Å². The van der Waals surface area contributed by atoms with E-state index in [1.54, 1.807) is 0 Å². The molecule has 1 unspecified atom stereocenters. The maximum atomic E-state index is 11.9. The van der Waals surface area contributed by atoms with Gasteiger partial charge >= 0.3 is 12.0 Å². The van der Waals surface area contributed by atoms with E-state index in [9.17, 15) is 19.5 Å². The van der Waals surface area contributed by atoms with Crippen LogP contribution in [0.4, 0.5) is 4.79 Å². The van der Waals surface area contributed by atoms with Gasteiger partial charge in [0.15, 0.2) is 0 Å². The van der Waals surface area contributed by atoms with Crippen LogP contribution in [0.2, 0.25) is 0 Å². The van der Waals surface area contributed by atoms with Crippen LogP contribution < -0.4 is 10.6 Å². The van der Waals surface area contributed by atoms with Gasteiger partial charge in [-0.25, -0.2) is 4.79 Å². The molecule has 0 bridgehead atoms. The summed E-state index contributed by atoms with van der Waals surface area (Å²) >= 11 is 0. The SMILES string of the molecule is CCNC(=O)CCNC(=O)N1CCC(CC)(C(=O)O)C1. The van der Waals surface area contributed by atoms with Crippen LogP contribution in [-0.4, -0.2) is 54.1 Å². The Kier molecular flexibility index (Phi) is 5.79. The first-order valence-electron chi connectivity index (χ1n) is 6.98. The number of carboxylic acids is 1. The molecule has 0 radical (unpaired) electrons. The van der Waals surface area contributed by atoms with Gasteiger partial charge in [0.05, 0.1) is 5.41 Å². The van der Waals surface area contributed by atoms with E-state index >= 15 is 0 Å². The number of likely N-dealkylation sites (tertiary alicyclic amines) is 1. The molecule has 1 aliphatic rings. The van der Waals surface area contributed by atoms with E-state index in [2.05, 4.69) is 10.6 Å². The highest BCUT2D eigenvalue weighted by atomic mass is 16.4. The molecule has 0 aromatic heterocycles. The summed E-state index contributed by atoms with van der Waals surface area (Å²) in [7, 11) is 0. The number of hydrogen-bond donors (Lipinski definition) is 3. The van der Waals surface area contributed by atoms with Gasteiger partial charge in [0.2, 0.25) is 5.91 Å². The third kappa shape index (κ3) is 3.85. The predicted octanol–water partition coefficient (Wildman–Crippen LogP) is 0.409. The average molecular weight is 285 g/mol. The Morgan fingerprint density at radius 2 is 1.95 bits per heavy atom. The summed E-state index contributed by atoms with van der Waals surface area (Å²) in [6, 6.07) is -0.300. The highest BCUT2D eigenvalue weighted by molar-refractivity contribution is 5.80. The number of nitrogens with zero attached hydrogens (tertiary/aromatic N) is 1. The summed E-state index contributed by atoms with van der Waals surface area (Å²) in [4.78, 5) is 35.9. The molecule has 0 aromatic carbocycles. The van der Waals surface area contributed by atoms with Crippen molar-refractivity contribution in [2.75, 3.05) is 26.2 Å². The van der Waals surface area contributed by atoms with E-state index < -0.39 is 11.4 Å². The summed E-state index contributed by atoms with van der Waals surface area (Å²) < 4.78 is 0. The minimum atomic E-state index is -0.849. The van der Waals surface area contributed by atoms with E-state index in [-0.39, 0.29) is 31.4 Å². The first-order valence-corrected chi connectivity index (χ1v) is 6.98. The van der Waals surface area contributed by atoms with Gasteiger partial charge in [-0.1, -0.05) is 6.92 Å². The molecule has 0 saturated carbocycles. The Labute approximate surface area is 118 Å². The van der Waals surface area contributed by atoms with E-state index in [1.807, 2.05) is 13.8 Å². The fourth-order valence-corrected chi connectivity index (χ4v) is 2.34. The van der Waals surface area contributed by atoms with Crippen LogP contribution in [0.15, 0.2) is 0 Å². The lowest BCUT2D eigenvalue weighted by atomic mass is 9.84. The van der Waals surface area contributed by atoms with Crippen molar-refractivity contribution >= 4 is 17.9 Å². The Morgan fingerprint density at radius 3 is 2.45 bits per heavy atom. The molecule has 1 atom stereocenters. The van der Waals surface area contributed by atoms with Gasteiger partial charge in [-0.3, -0.25) is 9.59 Å². The Hall–Kier alpha value is -1.79. The molecular weight excluding hydrogens is 262 g/mol. The highest BCUT2D eigenvalue weighted by Gasteiger charge is 2.44. The third-order valence-corrected chi connectivity index (χ3v) is 3.77. The normalized spacial score (nSPS) is 21.6. The lowest BCUT2D eigenvalue weighted by Gasteiger charge is -2.23. The average Bonchev–Trinajstić information content (AvgIpc) is 2.84. The molecule has 1 saturated heterocycles. The largest absolute Gasteiger partial charge is 0.481 e. The number of nitrogens with one attached hydrogen (secondary N) is 2. The second-order valence-corrected chi connectivity index (χ2v) is 5.05. The van der Waals surface area contributed by atoms with Crippen molar-refractivity contribution in [2.24, 2.45) is 5.41 Å².